The number of nitrogens with zero attached hydrogens (tertiary/aromatic N) is 5. The van der Waals surface area contributed by atoms with Crippen LogP contribution < -0.4 is 0 Å². The number of aromatic nitrogens is 4. The van der Waals surface area contributed by atoms with E-state index >= 15 is 0 Å². The van der Waals surface area contributed by atoms with E-state index in [1.807, 2.05) is 38.2 Å². The van der Waals surface area contributed by atoms with Crippen LogP contribution in [0.1, 0.15) is 23.3 Å². The Morgan fingerprint density at radius 2 is 1.78 bits per heavy atom. The van der Waals surface area contributed by atoms with Crippen molar-refractivity contribution in [1.29, 1.82) is 0 Å². The van der Waals surface area contributed by atoms with Gasteiger partial charge in [-0.3, -0.25) is 4.90 Å². The van der Waals surface area contributed by atoms with Gasteiger partial charge in [0.1, 0.15) is 5.82 Å². The molecule has 1 aromatic carbocycles. The Morgan fingerprint density at radius 3 is 2.48 bits per heavy atom. The molecule has 0 fully saturated rings. The van der Waals surface area contributed by atoms with Crippen LogP contribution in [0.5, 0.6) is 0 Å². The molecular weight excluding hydrogens is 290 g/mol. The molecule has 0 atom stereocenters. The summed E-state index contributed by atoms with van der Waals surface area (Å²) < 4.78 is 5.40. The lowest BCUT2D eigenvalue weighted by atomic mass is 10.1. The zero-order valence-corrected chi connectivity index (χ0v) is 13.5. The maximum Gasteiger partial charge on any atom is 0.230 e. The Morgan fingerprint density at radius 1 is 1.00 bits per heavy atom. The Labute approximate surface area is 135 Å². The smallest absolute Gasteiger partial charge is 0.230 e. The molecule has 2 aromatic heterocycles. The summed E-state index contributed by atoms with van der Waals surface area (Å²) in [6.45, 7) is 4.95. The van der Waals surface area contributed by atoms with Gasteiger partial charge in [0.15, 0.2) is 0 Å². The fourth-order valence-electron chi connectivity index (χ4n) is 2.39. The van der Waals surface area contributed by atoms with Gasteiger partial charge < -0.3 is 4.42 Å². The fraction of sp³-hybridized carbons (Fsp3) is 0.294. The third kappa shape index (κ3) is 3.98. The highest BCUT2D eigenvalue weighted by Crippen LogP contribution is 2.17. The van der Waals surface area contributed by atoms with Crippen molar-refractivity contribution in [3.05, 3.63) is 59.7 Å². The maximum absolute atomic E-state index is 5.40. The molecule has 0 N–H and O–H groups in total. The van der Waals surface area contributed by atoms with Gasteiger partial charge in [0.25, 0.3) is 0 Å². The molecule has 0 aliphatic heterocycles. The lowest BCUT2D eigenvalue weighted by Crippen LogP contribution is -2.19. The summed E-state index contributed by atoms with van der Waals surface area (Å²) in [7, 11) is 1.98. The van der Waals surface area contributed by atoms with Crippen molar-refractivity contribution in [3.63, 3.8) is 0 Å². The quantitative estimate of drug-likeness (QED) is 0.722. The maximum atomic E-state index is 5.40. The molecule has 118 valence electrons. The van der Waals surface area contributed by atoms with Gasteiger partial charge in [0.2, 0.25) is 11.8 Å². The molecule has 0 bridgehead atoms. The van der Waals surface area contributed by atoms with E-state index in [0.29, 0.717) is 24.9 Å². The van der Waals surface area contributed by atoms with Crippen molar-refractivity contribution in [3.8, 4) is 11.3 Å². The number of hydrogen-bond acceptors (Lipinski definition) is 6. The average molecular weight is 309 g/mol. The van der Waals surface area contributed by atoms with Crippen LogP contribution in [0.25, 0.3) is 11.3 Å². The third-order valence-electron chi connectivity index (χ3n) is 3.35. The number of benzene rings is 1. The molecule has 0 saturated heterocycles. The summed E-state index contributed by atoms with van der Waals surface area (Å²) in [6.07, 6.45) is 0. The molecule has 0 aliphatic carbocycles. The summed E-state index contributed by atoms with van der Waals surface area (Å²) in [4.78, 5) is 11.3. The highest BCUT2D eigenvalue weighted by atomic mass is 16.4. The second-order valence-corrected chi connectivity index (χ2v) is 5.56. The van der Waals surface area contributed by atoms with Crippen molar-refractivity contribution < 1.29 is 4.42 Å². The summed E-state index contributed by atoms with van der Waals surface area (Å²) in [5, 5.41) is 7.85. The van der Waals surface area contributed by atoms with Crippen LogP contribution in [0.4, 0.5) is 0 Å². The van der Waals surface area contributed by atoms with Crippen LogP contribution in [-0.2, 0) is 13.1 Å². The summed E-state index contributed by atoms with van der Waals surface area (Å²) >= 11 is 0. The van der Waals surface area contributed by atoms with Crippen molar-refractivity contribution in [2.75, 3.05) is 7.05 Å². The zero-order valence-electron chi connectivity index (χ0n) is 13.5. The molecule has 0 aliphatic rings. The summed E-state index contributed by atoms with van der Waals surface area (Å²) in [6, 6.07) is 12.1. The standard InChI is InChI=1S/C17H19N5O/c1-12-9-15(14-7-5-4-6-8-14)19-16(18-12)10-22(3)11-17-21-20-13(2)23-17/h4-9H,10-11H2,1-3H3. The van der Waals surface area contributed by atoms with Crippen molar-refractivity contribution in [2.24, 2.45) is 0 Å². The fourth-order valence-corrected chi connectivity index (χ4v) is 2.39. The lowest BCUT2D eigenvalue weighted by molar-refractivity contribution is 0.272. The van der Waals surface area contributed by atoms with Gasteiger partial charge in [-0.15, -0.1) is 10.2 Å². The SMILES string of the molecule is Cc1cc(-c2ccccc2)nc(CN(C)Cc2nnc(C)o2)n1. The molecule has 0 saturated carbocycles. The van der Waals surface area contributed by atoms with E-state index in [1.165, 1.54) is 0 Å². The first-order chi connectivity index (χ1) is 11.1. The van der Waals surface area contributed by atoms with Gasteiger partial charge in [-0.25, -0.2) is 9.97 Å². The summed E-state index contributed by atoms with van der Waals surface area (Å²) in [5.41, 5.74) is 2.99. The van der Waals surface area contributed by atoms with E-state index in [9.17, 15) is 0 Å². The highest BCUT2D eigenvalue weighted by Gasteiger charge is 2.10. The Hall–Kier alpha value is -2.60. The molecule has 6 nitrogen and oxygen atoms in total. The third-order valence-corrected chi connectivity index (χ3v) is 3.35. The minimum Gasteiger partial charge on any atom is -0.424 e. The highest BCUT2D eigenvalue weighted by molar-refractivity contribution is 5.58. The van der Waals surface area contributed by atoms with Gasteiger partial charge in [0.05, 0.1) is 18.8 Å². The Bertz CT molecular complexity index is 785. The number of hydrogen-bond donors (Lipinski definition) is 0. The van der Waals surface area contributed by atoms with Crippen molar-refractivity contribution in [2.45, 2.75) is 26.9 Å². The molecule has 0 unspecified atom stereocenters. The number of aryl methyl sites for hydroxylation is 2. The second kappa shape index (κ2) is 6.66. The van der Waals surface area contributed by atoms with Gasteiger partial charge in [-0.2, -0.15) is 0 Å². The van der Waals surface area contributed by atoms with Gasteiger partial charge in [0, 0.05) is 18.2 Å². The monoisotopic (exact) mass is 309 g/mol. The molecule has 0 spiro atoms. The normalized spacial score (nSPS) is 11.1. The van der Waals surface area contributed by atoms with Crippen molar-refractivity contribution >= 4 is 0 Å². The van der Waals surface area contributed by atoms with Gasteiger partial charge in [-0.1, -0.05) is 30.3 Å². The largest absolute Gasteiger partial charge is 0.424 e. The van der Waals surface area contributed by atoms with Gasteiger partial charge >= 0.3 is 0 Å². The Balaban J connectivity index is 1.76. The van der Waals surface area contributed by atoms with Crippen LogP contribution in [0, 0.1) is 13.8 Å². The van der Waals surface area contributed by atoms with Crippen LogP contribution in [-0.4, -0.2) is 32.1 Å². The molecule has 3 rings (SSSR count). The minimum atomic E-state index is 0.568. The molecule has 0 amide bonds. The summed E-state index contributed by atoms with van der Waals surface area (Å²) in [5.74, 6) is 1.95. The first kappa shape index (κ1) is 15.3. The molecule has 2 heterocycles. The van der Waals surface area contributed by atoms with E-state index in [2.05, 4.69) is 37.2 Å². The van der Waals surface area contributed by atoms with Crippen molar-refractivity contribution in [1.82, 2.24) is 25.1 Å². The van der Waals surface area contributed by atoms with Crippen LogP contribution in [0.3, 0.4) is 0 Å². The minimum absolute atomic E-state index is 0.568. The van der Waals surface area contributed by atoms with E-state index in [-0.39, 0.29) is 0 Å². The first-order valence-electron chi connectivity index (χ1n) is 7.47. The van der Waals surface area contributed by atoms with Crippen LogP contribution in [0.2, 0.25) is 0 Å². The van der Waals surface area contributed by atoms with Crippen LogP contribution >= 0.6 is 0 Å². The lowest BCUT2D eigenvalue weighted by Gasteiger charge is -2.14. The zero-order chi connectivity index (χ0) is 16.2. The average Bonchev–Trinajstić information content (AvgIpc) is 2.92. The molecule has 3 aromatic rings. The van der Waals surface area contributed by atoms with Gasteiger partial charge in [-0.05, 0) is 20.0 Å². The first-order valence-corrected chi connectivity index (χ1v) is 7.47. The van der Waals surface area contributed by atoms with E-state index < -0.39 is 0 Å². The van der Waals surface area contributed by atoms with E-state index in [4.69, 9.17) is 4.42 Å². The van der Waals surface area contributed by atoms with E-state index in [1.54, 1.807) is 6.92 Å². The Kier molecular flexibility index (Phi) is 4.43. The molecule has 0 radical (unpaired) electrons. The second-order valence-electron chi connectivity index (χ2n) is 5.56. The predicted octanol–water partition coefficient (Wildman–Crippen LogP) is 2.78. The molecule has 23 heavy (non-hydrogen) atoms. The molecule has 6 heteroatoms. The number of rotatable bonds is 5. The van der Waals surface area contributed by atoms with E-state index in [0.717, 1.165) is 22.8 Å². The van der Waals surface area contributed by atoms with Crippen LogP contribution in [0.15, 0.2) is 40.8 Å². The molecular formula is C17H19N5O. The predicted molar refractivity (Wildman–Crippen MR) is 86.4 cm³/mol. The topological polar surface area (TPSA) is 67.9 Å².